The molecule has 0 aliphatic carbocycles. The predicted octanol–water partition coefficient (Wildman–Crippen LogP) is 11.5. The van der Waals surface area contributed by atoms with Gasteiger partial charge < -0.3 is 34.2 Å². The Hall–Kier alpha value is -7.04. The summed E-state index contributed by atoms with van der Waals surface area (Å²) in [5.41, 5.74) is 4.63. The van der Waals surface area contributed by atoms with Gasteiger partial charge in [-0.3, -0.25) is 14.4 Å². The number of likely N-dealkylation sites (tertiary alicyclic amines) is 1. The maximum atomic E-state index is 16.9. The third kappa shape index (κ3) is 11.8. The molecule has 15 nitrogen and oxygen atoms in total. The number of rotatable bonds is 6. The van der Waals surface area contributed by atoms with Crippen molar-refractivity contribution >= 4 is 56.1 Å². The van der Waals surface area contributed by atoms with Crippen molar-refractivity contribution in [3.8, 4) is 29.6 Å². The van der Waals surface area contributed by atoms with Gasteiger partial charge in [0.05, 0.1) is 65.6 Å². The van der Waals surface area contributed by atoms with Gasteiger partial charge in [0.2, 0.25) is 5.91 Å². The Morgan fingerprint density at radius 1 is 0.915 bits per heavy atom. The molecule has 1 N–H and O–H groups in total. The summed E-state index contributed by atoms with van der Waals surface area (Å²) in [6, 6.07) is 14.3. The smallest absolute Gasteiger partial charge is 0.409 e. The number of nitrogens with zero attached hydrogens (tertiary/aromatic N) is 9. The highest BCUT2D eigenvalue weighted by Gasteiger charge is 2.45. The molecular weight excluding hydrogens is 1050 g/mol. The highest BCUT2D eigenvalue weighted by atomic mass is 19.3. The number of piperidine rings is 3. The van der Waals surface area contributed by atoms with Gasteiger partial charge in [0.25, 0.3) is 5.92 Å². The van der Waals surface area contributed by atoms with Gasteiger partial charge in [0.15, 0.2) is 5.82 Å². The second-order valence-electron chi connectivity index (χ2n) is 22.7. The van der Waals surface area contributed by atoms with Crippen LogP contribution in [-0.4, -0.2) is 137 Å². The first kappa shape index (κ1) is 58.2. The lowest BCUT2D eigenvalue weighted by Crippen LogP contribution is -2.43. The SMILES string of the molecule is C#Cc1c(F)ccc2cccc(-c3nc4c5c(nc(OCC67CCCN6CCC7)nc5c3F)N3CCCOCC3CC4)c12.C=C1CCC(c2nn(C)c3cc(N4CCCC(F)(F)C4)ccc23)C(=O)N1.CC.COC(=O)N1CCC(C)CC1. The van der Waals surface area contributed by atoms with Crippen LogP contribution in [0.4, 0.5) is 33.9 Å². The molecule has 3 aromatic carbocycles. The lowest BCUT2D eigenvalue weighted by molar-refractivity contribution is -0.122. The van der Waals surface area contributed by atoms with Gasteiger partial charge in [-0.15, -0.1) is 6.42 Å². The first-order chi connectivity index (χ1) is 39.6. The van der Waals surface area contributed by atoms with Crippen LogP contribution < -0.4 is 19.9 Å². The number of aryl methyl sites for hydroxylation is 2. The van der Waals surface area contributed by atoms with E-state index >= 15 is 4.39 Å². The van der Waals surface area contributed by atoms with Gasteiger partial charge in [-0.25, -0.2) is 27.3 Å². The number of allylic oxidation sites excluding steroid dienone is 1. The molecule has 3 aromatic heterocycles. The molecule has 7 aliphatic rings. The standard InChI is InChI=1S/C34H33F2N5O2.C19H22F2N4O.C8H15NO2.C2H6/c1-2-23-25(35)11-9-21-7-3-8-24(27(21)23)30-29(36)31-28-26(37-30)12-10-22-19-42-18-6-17-41(22)32(28)39-33(38-31)43-20-34-13-4-15-40(34)16-5-14-34;1-12-4-6-15(18(26)22-12)17-14-7-5-13(10-16(14)24(2)23-17)25-9-3-8-19(20,21)11-25;1-7-3-5-9(6-4-7)8(10)11-2;1-2/h1,3,7-9,11,22H,4-6,10,12-20H2;5,7,10,15H,1,3-4,6,8-9,11H2,2H3,(H,22,26);7H,3-6H2,1-2H3;1-2H3. The fourth-order valence-corrected chi connectivity index (χ4v) is 13.1. The number of nitrogens with one attached hydrogen (secondary N) is 1. The van der Waals surface area contributed by atoms with E-state index in [1.165, 1.54) is 13.2 Å². The minimum atomic E-state index is -2.65. The average molecular weight is 1130 g/mol. The van der Waals surface area contributed by atoms with E-state index in [0.717, 1.165) is 124 Å². The van der Waals surface area contributed by atoms with Crippen molar-refractivity contribution in [3.05, 3.63) is 89.4 Å². The minimum Gasteiger partial charge on any atom is -0.461 e. The molecular formula is C63H76F4N10O5. The van der Waals surface area contributed by atoms with Gasteiger partial charge in [0.1, 0.15) is 29.5 Å². The molecule has 13 rings (SSSR count). The van der Waals surface area contributed by atoms with Crippen LogP contribution in [0, 0.1) is 29.9 Å². The number of aromatic nitrogens is 5. The minimum absolute atomic E-state index is 0.00280. The Bertz CT molecular complexity index is 3380. The van der Waals surface area contributed by atoms with Crippen molar-refractivity contribution in [2.75, 3.05) is 82.5 Å². The van der Waals surface area contributed by atoms with Crippen molar-refractivity contribution in [1.82, 2.24) is 39.8 Å². The number of amides is 2. The van der Waals surface area contributed by atoms with Gasteiger partial charge in [-0.05, 0) is 126 Å². The Balaban J connectivity index is 0.000000163. The second kappa shape index (κ2) is 24.8. The topological polar surface area (TPSA) is 143 Å². The van der Waals surface area contributed by atoms with E-state index in [9.17, 15) is 22.8 Å². The van der Waals surface area contributed by atoms with E-state index in [-0.39, 0.29) is 65.2 Å². The molecule has 10 heterocycles. The summed E-state index contributed by atoms with van der Waals surface area (Å²) in [7, 11) is 3.25. The highest BCUT2D eigenvalue weighted by molar-refractivity contribution is 6.03. The van der Waals surface area contributed by atoms with Gasteiger partial charge >= 0.3 is 12.1 Å². The monoisotopic (exact) mass is 1130 g/mol. The molecule has 6 saturated heterocycles. The van der Waals surface area contributed by atoms with E-state index in [1.807, 2.05) is 51.2 Å². The van der Waals surface area contributed by atoms with Gasteiger partial charge in [-0.1, -0.05) is 57.5 Å². The molecule has 0 spiro atoms. The first-order valence-electron chi connectivity index (χ1n) is 29.4. The lowest BCUT2D eigenvalue weighted by atomic mass is 9.92. The average Bonchev–Trinajstić information content (AvgIpc) is 3.44. The van der Waals surface area contributed by atoms with Crippen LogP contribution in [0.25, 0.3) is 43.8 Å². The number of benzene rings is 3. The summed E-state index contributed by atoms with van der Waals surface area (Å²) in [6.07, 6.45) is 16.3. The third-order valence-electron chi connectivity index (χ3n) is 17.4. The molecule has 6 aromatic rings. The van der Waals surface area contributed by atoms with Crippen molar-refractivity contribution in [2.45, 2.75) is 128 Å². The molecule has 0 bridgehead atoms. The van der Waals surface area contributed by atoms with E-state index < -0.39 is 17.6 Å². The van der Waals surface area contributed by atoms with Crippen molar-refractivity contribution < 1.29 is 41.4 Å². The predicted molar refractivity (Wildman–Crippen MR) is 311 cm³/mol. The van der Waals surface area contributed by atoms with E-state index in [0.29, 0.717) is 78.9 Å². The van der Waals surface area contributed by atoms with Crippen molar-refractivity contribution in [3.63, 3.8) is 0 Å². The Labute approximate surface area is 477 Å². The van der Waals surface area contributed by atoms with Crippen LogP contribution in [0.15, 0.2) is 60.8 Å². The fraction of sp³-hybridized carbons (Fsp3) is 0.524. The third-order valence-corrected chi connectivity index (χ3v) is 17.4. The maximum absolute atomic E-state index is 16.9. The first-order valence-corrected chi connectivity index (χ1v) is 29.4. The number of carbonyl (C=O) groups excluding carboxylic acids is 2. The molecule has 0 saturated carbocycles. The van der Waals surface area contributed by atoms with Gasteiger partial charge in [0, 0.05) is 74.0 Å². The molecule has 6 fully saturated rings. The summed E-state index contributed by atoms with van der Waals surface area (Å²) in [4.78, 5) is 46.2. The number of halogens is 4. The van der Waals surface area contributed by atoms with E-state index in [1.54, 1.807) is 26.6 Å². The number of pyridine rings is 1. The van der Waals surface area contributed by atoms with Crippen molar-refractivity contribution in [1.29, 1.82) is 0 Å². The van der Waals surface area contributed by atoms with Crippen LogP contribution >= 0.6 is 0 Å². The van der Waals surface area contributed by atoms with Crippen LogP contribution in [-0.2, 0) is 27.7 Å². The molecule has 0 radical (unpaired) electrons. The Morgan fingerprint density at radius 3 is 2.41 bits per heavy atom. The maximum Gasteiger partial charge on any atom is 0.409 e. The second-order valence-corrected chi connectivity index (χ2v) is 22.7. The zero-order chi connectivity index (χ0) is 57.9. The highest BCUT2D eigenvalue weighted by Crippen LogP contribution is 2.43. The zero-order valence-electron chi connectivity index (χ0n) is 48.0. The fourth-order valence-electron chi connectivity index (χ4n) is 13.1. The Morgan fingerprint density at radius 2 is 1.68 bits per heavy atom. The number of alkyl halides is 2. The number of terminal acetylenes is 1. The molecule has 82 heavy (non-hydrogen) atoms. The van der Waals surface area contributed by atoms with Crippen LogP contribution in [0.2, 0.25) is 0 Å². The van der Waals surface area contributed by atoms with Crippen LogP contribution in [0.5, 0.6) is 6.01 Å². The van der Waals surface area contributed by atoms with Crippen molar-refractivity contribution in [2.24, 2.45) is 13.0 Å². The number of ether oxygens (including phenoxy) is 3. The van der Waals surface area contributed by atoms with E-state index in [2.05, 4.69) is 44.4 Å². The molecule has 2 unspecified atom stereocenters. The normalized spacial score (nSPS) is 21.3. The number of hydrogen-bond donors (Lipinski definition) is 1. The number of hydrogen-bond acceptors (Lipinski definition) is 12. The number of carbonyl (C=O) groups is 2. The summed E-state index contributed by atoms with van der Waals surface area (Å²) >= 11 is 0. The zero-order valence-corrected chi connectivity index (χ0v) is 48.0. The van der Waals surface area contributed by atoms with Crippen LogP contribution in [0.3, 0.4) is 0 Å². The quantitative estimate of drug-likeness (QED) is 0.125. The van der Waals surface area contributed by atoms with Crippen LogP contribution in [0.1, 0.15) is 121 Å². The molecule has 2 atom stereocenters. The molecule has 19 heteroatoms. The molecule has 2 amide bonds. The molecule has 436 valence electrons. The number of fused-ring (bicyclic) bond motifs is 5. The number of anilines is 2. The Kier molecular flexibility index (Phi) is 17.6. The summed E-state index contributed by atoms with van der Waals surface area (Å²) in [5, 5.41) is 10.1. The largest absolute Gasteiger partial charge is 0.461 e. The summed E-state index contributed by atoms with van der Waals surface area (Å²) < 4.78 is 77.9. The summed E-state index contributed by atoms with van der Waals surface area (Å²) in [5.74, 6) is -0.257. The number of methoxy groups -OCH3 is 1. The van der Waals surface area contributed by atoms with Gasteiger partial charge in [-0.2, -0.15) is 15.1 Å². The van der Waals surface area contributed by atoms with E-state index in [4.69, 9.17) is 30.8 Å². The molecule has 7 aliphatic heterocycles. The summed E-state index contributed by atoms with van der Waals surface area (Å²) in [6.45, 7) is 16.7. The lowest BCUT2D eigenvalue weighted by Gasteiger charge is -2.34.